The Morgan fingerprint density at radius 3 is 1.88 bits per heavy atom. The van der Waals surface area contributed by atoms with Crippen molar-refractivity contribution >= 4 is 0 Å². The maximum atomic E-state index is 2.33. The number of rotatable bonds is 9. The van der Waals surface area contributed by atoms with Crippen molar-refractivity contribution in [1.29, 1.82) is 0 Å². The summed E-state index contributed by atoms with van der Waals surface area (Å²) in [4.78, 5) is 0. The van der Waals surface area contributed by atoms with Gasteiger partial charge in [-0.3, -0.25) is 0 Å². The highest BCUT2D eigenvalue weighted by atomic mass is 15.4. The van der Waals surface area contributed by atoms with E-state index >= 15 is 0 Å². The molecule has 0 amide bonds. The normalized spacial score (nSPS) is 19.1. The Hall–Kier alpha value is -0.0400. The highest BCUT2D eigenvalue weighted by Crippen LogP contribution is 2.22. The molecule has 16 heavy (non-hydrogen) atoms. The molecule has 0 unspecified atom stereocenters. The third kappa shape index (κ3) is 4.86. The van der Waals surface area contributed by atoms with E-state index in [0.717, 1.165) is 0 Å². The van der Waals surface area contributed by atoms with Crippen LogP contribution in [0.3, 0.4) is 0 Å². The van der Waals surface area contributed by atoms with Crippen LogP contribution in [-0.4, -0.2) is 30.7 Å². The second-order valence-electron chi connectivity index (χ2n) is 5.71. The van der Waals surface area contributed by atoms with Crippen LogP contribution < -0.4 is 0 Å². The molecule has 1 aliphatic heterocycles. The Morgan fingerprint density at radius 2 is 1.25 bits per heavy atom. The highest BCUT2D eigenvalue weighted by molar-refractivity contribution is 4.56. The van der Waals surface area contributed by atoms with Crippen LogP contribution in [0.2, 0.25) is 0 Å². The maximum absolute atomic E-state index is 2.33. The molecule has 0 atom stereocenters. The minimum absolute atomic E-state index is 1.37. The molecule has 0 aromatic carbocycles. The van der Waals surface area contributed by atoms with Crippen molar-refractivity contribution in [2.75, 3.05) is 26.2 Å². The lowest BCUT2D eigenvalue weighted by atomic mass is 10.1. The fourth-order valence-electron chi connectivity index (χ4n) is 3.11. The van der Waals surface area contributed by atoms with Gasteiger partial charge in [0.05, 0.1) is 26.2 Å². The first-order valence-corrected chi connectivity index (χ1v) is 7.68. The van der Waals surface area contributed by atoms with Gasteiger partial charge in [0.1, 0.15) is 0 Å². The molecular formula is C15H32N+. The van der Waals surface area contributed by atoms with Gasteiger partial charge in [-0.1, -0.05) is 39.5 Å². The molecule has 1 aliphatic rings. The quantitative estimate of drug-likeness (QED) is 0.404. The minimum atomic E-state index is 1.37. The molecule has 0 spiro atoms. The summed E-state index contributed by atoms with van der Waals surface area (Å²) < 4.78 is 1.47. The number of hydrogen-bond donors (Lipinski definition) is 0. The number of quaternary nitrogens is 1. The molecule has 1 saturated heterocycles. The van der Waals surface area contributed by atoms with Gasteiger partial charge in [0.15, 0.2) is 0 Å². The first-order valence-electron chi connectivity index (χ1n) is 7.68. The van der Waals surface area contributed by atoms with Crippen LogP contribution in [0.4, 0.5) is 0 Å². The molecule has 1 heterocycles. The Labute approximate surface area is 103 Å². The summed E-state index contributed by atoms with van der Waals surface area (Å²) in [6, 6.07) is 0. The standard InChI is InChI=1S/C15H32N/c1-3-5-7-8-9-13-16(12-6-4-2)14-10-11-15-16/h3-15H2,1-2H3/q+1. The number of unbranched alkanes of at least 4 members (excludes halogenated alkanes) is 5. The van der Waals surface area contributed by atoms with Crippen LogP contribution >= 0.6 is 0 Å². The predicted octanol–water partition coefficient (Wildman–Crippen LogP) is 4.37. The van der Waals surface area contributed by atoms with Crippen LogP contribution in [0, 0.1) is 0 Å². The first-order chi connectivity index (χ1) is 7.83. The lowest BCUT2D eigenvalue weighted by Gasteiger charge is -2.34. The Morgan fingerprint density at radius 1 is 0.688 bits per heavy atom. The highest BCUT2D eigenvalue weighted by Gasteiger charge is 2.30. The number of nitrogens with zero attached hydrogens (tertiary/aromatic N) is 1. The fourth-order valence-corrected chi connectivity index (χ4v) is 3.11. The average molecular weight is 226 g/mol. The molecule has 1 heteroatoms. The van der Waals surface area contributed by atoms with Crippen LogP contribution in [0.1, 0.15) is 71.6 Å². The summed E-state index contributed by atoms with van der Waals surface area (Å²) in [5.41, 5.74) is 0. The predicted molar refractivity (Wildman–Crippen MR) is 72.6 cm³/mol. The number of hydrogen-bond acceptors (Lipinski definition) is 0. The first kappa shape index (κ1) is 14.0. The maximum Gasteiger partial charge on any atom is 0.0788 e. The molecule has 0 aliphatic carbocycles. The van der Waals surface area contributed by atoms with E-state index in [0.29, 0.717) is 0 Å². The molecule has 96 valence electrons. The van der Waals surface area contributed by atoms with Gasteiger partial charge in [-0.2, -0.15) is 0 Å². The van der Waals surface area contributed by atoms with Gasteiger partial charge in [-0.25, -0.2) is 0 Å². The van der Waals surface area contributed by atoms with Gasteiger partial charge >= 0.3 is 0 Å². The molecule has 0 saturated carbocycles. The van der Waals surface area contributed by atoms with E-state index in [1.807, 2.05) is 0 Å². The smallest absolute Gasteiger partial charge is 0.0788 e. The molecule has 1 fully saturated rings. The van der Waals surface area contributed by atoms with E-state index in [1.165, 1.54) is 88.4 Å². The number of likely N-dealkylation sites (tertiary alicyclic amines) is 1. The minimum Gasteiger partial charge on any atom is -0.324 e. The summed E-state index contributed by atoms with van der Waals surface area (Å²) >= 11 is 0. The van der Waals surface area contributed by atoms with Crippen molar-refractivity contribution in [1.82, 2.24) is 0 Å². The SMILES string of the molecule is CCCCCCC[N+]1(CCCC)CCCC1. The Kier molecular flexibility index (Phi) is 7.11. The lowest BCUT2D eigenvalue weighted by Crippen LogP contribution is -2.46. The zero-order valence-corrected chi connectivity index (χ0v) is 11.6. The van der Waals surface area contributed by atoms with Crippen LogP contribution in [0.25, 0.3) is 0 Å². The molecule has 0 aromatic heterocycles. The van der Waals surface area contributed by atoms with Crippen molar-refractivity contribution in [3.8, 4) is 0 Å². The molecule has 1 rings (SSSR count). The average Bonchev–Trinajstić information content (AvgIpc) is 2.76. The van der Waals surface area contributed by atoms with Crippen molar-refractivity contribution < 1.29 is 4.48 Å². The van der Waals surface area contributed by atoms with Gasteiger partial charge < -0.3 is 4.48 Å². The summed E-state index contributed by atoms with van der Waals surface area (Å²) in [6.45, 7) is 10.5. The summed E-state index contributed by atoms with van der Waals surface area (Å²) in [6.07, 6.45) is 13.0. The lowest BCUT2D eigenvalue weighted by molar-refractivity contribution is -0.917. The second-order valence-corrected chi connectivity index (χ2v) is 5.71. The largest absolute Gasteiger partial charge is 0.324 e. The topological polar surface area (TPSA) is 0 Å². The van der Waals surface area contributed by atoms with E-state index < -0.39 is 0 Å². The third-order valence-electron chi connectivity index (χ3n) is 4.24. The van der Waals surface area contributed by atoms with E-state index in [-0.39, 0.29) is 0 Å². The molecule has 1 nitrogen and oxygen atoms in total. The van der Waals surface area contributed by atoms with Crippen LogP contribution in [-0.2, 0) is 0 Å². The van der Waals surface area contributed by atoms with E-state index in [9.17, 15) is 0 Å². The third-order valence-corrected chi connectivity index (χ3v) is 4.24. The van der Waals surface area contributed by atoms with Crippen molar-refractivity contribution in [2.24, 2.45) is 0 Å². The molecular weight excluding hydrogens is 194 g/mol. The summed E-state index contributed by atoms with van der Waals surface area (Å²) in [5.74, 6) is 0. The Balaban J connectivity index is 2.17. The molecule has 0 aromatic rings. The van der Waals surface area contributed by atoms with E-state index in [1.54, 1.807) is 0 Å². The zero-order chi connectivity index (χ0) is 11.7. The van der Waals surface area contributed by atoms with E-state index in [4.69, 9.17) is 0 Å². The van der Waals surface area contributed by atoms with Crippen molar-refractivity contribution in [3.05, 3.63) is 0 Å². The van der Waals surface area contributed by atoms with Crippen LogP contribution in [0.15, 0.2) is 0 Å². The molecule has 0 N–H and O–H groups in total. The van der Waals surface area contributed by atoms with Crippen molar-refractivity contribution in [2.45, 2.75) is 71.6 Å². The van der Waals surface area contributed by atoms with Crippen molar-refractivity contribution in [3.63, 3.8) is 0 Å². The monoisotopic (exact) mass is 226 g/mol. The van der Waals surface area contributed by atoms with Gasteiger partial charge in [-0.05, 0) is 19.3 Å². The molecule has 0 bridgehead atoms. The summed E-state index contributed by atoms with van der Waals surface area (Å²) in [5, 5.41) is 0. The van der Waals surface area contributed by atoms with E-state index in [2.05, 4.69) is 13.8 Å². The van der Waals surface area contributed by atoms with Gasteiger partial charge in [0.2, 0.25) is 0 Å². The van der Waals surface area contributed by atoms with Crippen LogP contribution in [0.5, 0.6) is 0 Å². The summed E-state index contributed by atoms with van der Waals surface area (Å²) in [7, 11) is 0. The Bertz CT molecular complexity index is 159. The zero-order valence-electron chi connectivity index (χ0n) is 11.6. The van der Waals surface area contributed by atoms with Gasteiger partial charge in [-0.15, -0.1) is 0 Å². The van der Waals surface area contributed by atoms with Gasteiger partial charge in [0, 0.05) is 12.8 Å². The van der Waals surface area contributed by atoms with Gasteiger partial charge in [0.25, 0.3) is 0 Å². The second kappa shape index (κ2) is 8.11. The molecule has 0 radical (unpaired) electrons. The fraction of sp³-hybridized carbons (Fsp3) is 1.00.